The standard InChI is InChI=1S/C12H11N3OS3/c1-7(16)9-4-3-8(6-13)5-10(9)18-12-15-14-11(17-2)19-12/h3-5,7,16H,1-2H3. The molecule has 0 aliphatic heterocycles. The van der Waals surface area contributed by atoms with E-state index < -0.39 is 6.10 Å². The van der Waals surface area contributed by atoms with Gasteiger partial charge in [0.25, 0.3) is 0 Å². The molecule has 0 aliphatic carbocycles. The second-order valence-electron chi connectivity index (χ2n) is 3.68. The molecule has 0 radical (unpaired) electrons. The van der Waals surface area contributed by atoms with Gasteiger partial charge in [0.1, 0.15) is 0 Å². The van der Waals surface area contributed by atoms with Crippen molar-refractivity contribution in [2.45, 2.75) is 26.6 Å². The minimum Gasteiger partial charge on any atom is -0.389 e. The van der Waals surface area contributed by atoms with Gasteiger partial charge in [-0.2, -0.15) is 5.26 Å². The van der Waals surface area contributed by atoms with Crippen LogP contribution < -0.4 is 0 Å². The van der Waals surface area contributed by atoms with Crippen LogP contribution >= 0.6 is 34.9 Å². The highest BCUT2D eigenvalue weighted by Crippen LogP contribution is 2.36. The highest BCUT2D eigenvalue weighted by atomic mass is 32.2. The van der Waals surface area contributed by atoms with E-state index in [0.717, 1.165) is 19.1 Å². The van der Waals surface area contributed by atoms with Gasteiger partial charge >= 0.3 is 0 Å². The average Bonchev–Trinajstić information content (AvgIpc) is 2.86. The number of thioether (sulfide) groups is 1. The summed E-state index contributed by atoms with van der Waals surface area (Å²) >= 11 is 4.48. The molecule has 1 N–H and O–H groups in total. The van der Waals surface area contributed by atoms with E-state index in [-0.39, 0.29) is 0 Å². The SMILES string of the molecule is CSc1nnc(Sc2cc(C#N)ccc2C(C)O)s1. The monoisotopic (exact) mass is 309 g/mol. The molecule has 2 rings (SSSR count). The normalized spacial score (nSPS) is 12.1. The second kappa shape index (κ2) is 6.39. The maximum absolute atomic E-state index is 9.76. The Bertz CT molecular complexity index is 619. The highest BCUT2D eigenvalue weighted by molar-refractivity contribution is 8.03. The van der Waals surface area contributed by atoms with Crippen molar-refractivity contribution in [1.82, 2.24) is 10.2 Å². The fraction of sp³-hybridized carbons (Fsp3) is 0.250. The van der Waals surface area contributed by atoms with Crippen LogP contribution in [-0.2, 0) is 0 Å². The van der Waals surface area contributed by atoms with Crippen LogP contribution in [0.3, 0.4) is 0 Å². The first-order valence-corrected chi connectivity index (χ1v) is 8.27. The van der Waals surface area contributed by atoms with E-state index in [1.807, 2.05) is 6.26 Å². The van der Waals surface area contributed by atoms with Gasteiger partial charge in [-0.05, 0) is 30.9 Å². The fourth-order valence-electron chi connectivity index (χ4n) is 1.45. The Kier molecular flexibility index (Phi) is 4.82. The summed E-state index contributed by atoms with van der Waals surface area (Å²) in [4.78, 5) is 0.845. The molecule has 0 amide bonds. The fourth-order valence-corrected chi connectivity index (χ4v) is 4.10. The molecule has 1 atom stereocenters. The summed E-state index contributed by atoms with van der Waals surface area (Å²) in [6.07, 6.45) is 1.37. The molecule has 7 heteroatoms. The van der Waals surface area contributed by atoms with Gasteiger partial charge in [0.05, 0.1) is 17.7 Å². The molecule has 2 aromatic rings. The van der Waals surface area contributed by atoms with Gasteiger partial charge in [-0.15, -0.1) is 10.2 Å². The average molecular weight is 309 g/mol. The van der Waals surface area contributed by atoms with Crippen LogP contribution in [0.5, 0.6) is 0 Å². The van der Waals surface area contributed by atoms with E-state index in [4.69, 9.17) is 5.26 Å². The summed E-state index contributed by atoms with van der Waals surface area (Å²) in [7, 11) is 0. The lowest BCUT2D eigenvalue weighted by Crippen LogP contribution is -1.94. The molecular formula is C12H11N3OS3. The molecule has 1 aromatic carbocycles. The predicted molar refractivity (Wildman–Crippen MR) is 77.6 cm³/mol. The Balaban J connectivity index is 2.34. The number of benzene rings is 1. The number of aliphatic hydroxyl groups is 1. The number of hydrogen-bond donors (Lipinski definition) is 1. The molecule has 1 unspecified atom stereocenters. The number of hydrogen-bond acceptors (Lipinski definition) is 7. The molecule has 0 fully saturated rings. The third kappa shape index (κ3) is 3.48. The summed E-state index contributed by atoms with van der Waals surface area (Å²) in [6.45, 7) is 1.71. The van der Waals surface area contributed by atoms with Crippen LogP contribution in [0.2, 0.25) is 0 Å². The van der Waals surface area contributed by atoms with Crippen molar-refractivity contribution >= 4 is 34.9 Å². The van der Waals surface area contributed by atoms with Gasteiger partial charge in [0.2, 0.25) is 0 Å². The number of rotatable bonds is 4. The Hall–Kier alpha value is -1.07. The van der Waals surface area contributed by atoms with E-state index in [1.165, 1.54) is 23.1 Å². The summed E-state index contributed by atoms with van der Waals surface area (Å²) in [5.41, 5.74) is 1.37. The summed E-state index contributed by atoms with van der Waals surface area (Å²) in [5, 5.41) is 26.8. The maximum atomic E-state index is 9.76. The first kappa shape index (κ1) is 14.3. The van der Waals surface area contributed by atoms with Crippen molar-refractivity contribution in [1.29, 1.82) is 5.26 Å². The van der Waals surface area contributed by atoms with E-state index in [9.17, 15) is 5.11 Å². The van der Waals surface area contributed by atoms with Crippen LogP contribution in [0, 0.1) is 11.3 Å². The Morgan fingerprint density at radius 1 is 1.37 bits per heavy atom. The zero-order valence-electron chi connectivity index (χ0n) is 10.3. The van der Waals surface area contributed by atoms with Crippen molar-refractivity contribution in [3.63, 3.8) is 0 Å². The first-order chi connectivity index (χ1) is 9.13. The molecular weight excluding hydrogens is 298 g/mol. The van der Waals surface area contributed by atoms with Gasteiger partial charge in [-0.25, -0.2) is 0 Å². The second-order valence-corrected chi connectivity index (χ2v) is 7.00. The number of aliphatic hydroxyl groups excluding tert-OH is 1. The van der Waals surface area contributed by atoms with E-state index in [0.29, 0.717) is 5.56 Å². The van der Waals surface area contributed by atoms with Crippen molar-refractivity contribution in [2.75, 3.05) is 6.26 Å². The molecule has 0 saturated heterocycles. The van der Waals surface area contributed by atoms with Crippen molar-refractivity contribution in [3.8, 4) is 6.07 Å². The Morgan fingerprint density at radius 3 is 2.68 bits per heavy atom. The van der Waals surface area contributed by atoms with Crippen LogP contribution in [0.25, 0.3) is 0 Å². The van der Waals surface area contributed by atoms with Crippen LogP contribution in [-0.4, -0.2) is 21.6 Å². The van der Waals surface area contributed by atoms with Crippen LogP contribution in [0.1, 0.15) is 24.2 Å². The number of nitrogens with zero attached hydrogens (tertiary/aromatic N) is 3. The largest absolute Gasteiger partial charge is 0.389 e. The van der Waals surface area contributed by atoms with Crippen LogP contribution in [0.15, 0.2) is 31.8 Å². The van der Waals surface area contributed by atoms with E-state index in [2.05, 4.69) is 16.3 Å². The smallest absolute Gasteiger partial charge is 0.179 e. The zero-order chi connectivity index (χ0) is 13.8. The van der Waals surface area contributed by atoms with Gasteiger partial charge in [0.15, 0.2) is 8.68 Å². The Labute approximate surface area is 123 Å². The lowest BCUT2D eigenvalue weighted by molar-refractivity contribution is 0.196. The van der Waals surface area contributed by atoms with Gasteiger partial charge in [-0.1, -0.05) is 40.9 Å². The van der Waals surface area contributed by atoms with Crippen molar-refractivity contribution < 1.29 is 5.11 Å². The summed E-state index contributed by atoms with van der Waals surface area (Å²) in [6, 6.07) is 7.36. The predicted octanol–water partition coefficient (Wildman–Crippen LogP) is 3.34. The van der Waals surface area contributed by atoms with E-state index in [1.54, 1.807) is 36.9 Å². The third-order valence-corrected chi connectivity index (χ3v) is 5.38. The molecule has 0 spiro atoms. The van der Waals surface area contributed by atoms with Gasteiger partial charge in [-0.3, -0.25) is 0 Å². The summed E-state index contributed by atoms with van der Waals surface area (Å²) < 4.78 is 1.71. The lowest BCUT2D eigenvalue weighted by Gasteiger charge is -2.10. The molecule has 0 saturated carbocycles. The van der Waals surface area contributed by atoms with Gasteiger partial charge in [0, 0.05) is 4.90 Å². The number of nitriles is 1. The molecule has 19 heavy (non-hydrogen) atoms. The molecule has 1 heterocycles. The van der Waals surface area contributed by atoms with Crippen molar-refractivity contribution in [3.05, 3.63) is 29.3 Å². The zero-order valence-corrected chi connectivity index (χ0v) is 12.8. The molecule has 4 nitrogen and oxygen atoms in total. The minimum atomic E-state index is -0.580. The topological polar surface area (TPSA) is 69.8 Å². The van der Waals surface area contributed by atoms with Crippen LogP contribution in [0.4, 0.5) is 0 Å². The molecule has 0 bridgehead atoms. The molecule has 1 aromatic heterocycles. The molecule has 98 valence electrons. The van der Waals surface area contributed by atoms with Gasteiger partial charge < -0.3 is 5.11 Å². The highest BCUT2D eigenvalue weighted by Gasteiger charge is 2.13. The minimum absolute atomic E-state index is 0.571. The lowest BCUT2D eigenvalue weighted by atomic mass is 10.1. The van der Waals surface area contributed by atoms with Crippen molar-refractivity contribution in [2.24, 2.45) is 0 Å². The number of aromatic nitrogens is 2. The first-order valence-electron chi connectivity index (χ1n) is 5.41. The maximum Gasteiger partial charge on any atom is 0.179 e. The third-order valence-electron chi connectivity index (χ3n) is 2.35. The Morgan fingerprint density at radius 2 is 2.11 bits per heavy atom. The quantitative estimate of drug-likeness (QED) is 0.874. The summed E-state index contributed by atoms with van der Waals surface area (Å²) in [5.74, 6) is 0. The van der Waals surface area contributed by atoms with E-state index >= 15 is 0 Å². The molecule has 0 aliphatic rings.